The van der Waals surface area contributed by atoms with Crippen molar-refractivity contribution in [1.82, 2.24) is 5.32 Å². The summed E-state index contributed by atoms with van der Waals surface area (Å²) in [6.07, 6.45) is 3.59. The van der Waals surface area contributed by atoms with Gasteiger partial charge in [0.15, 0.2) is 0 Å². The highest BCUT2D eigenvalue weighted by Gasteiger charge is 2.32. The van der Waals surface area contributed by atoms with Crippen LogP contribution in [0.25, 0.3) is 10.8 Å². The molecule has 0 aliphatic heterocycles. The molecule has 3 nitrogen and oxygen atoms in total. The van der Waals surface area contributed by atoms with Crippen LogP contribution < -0.4 is 5.32 Å². The van der Waals surface area contributed by atoms with Gasteiger partial charge in [-0.25, -0.2) is 0 Å². The van der Waals surface area contributed by atoms with Crippen molar-refractivity contribution in [1.29, 1.82) is 0 Å². The molecule has 3 rings (SSSR count). The van der Waals surface area contributed by atoms with Crippen LogP contribution in [-0.2, 0) is 16.0 Å². The van der Waals surface area contributed by atoms with Gasteiger partial charge in [-0.1, -0.05) is 30.3 Å². The Morgan fingerprint density at radius 1 is 1.32 bits per heavy atom. The van der Waals surface area contributed by atoms with E-state index in [0.29, 0.717) is 12.5 Å². The average molecular weight is 297 g/mol. The molecule has 22 heavy (non-hydrogen) atoms. The third-order valence-corrected chi connectivity index (χ3v) is 4.40. The van der Waals surface area contributed by atoms with Crippen molar-refractivity contribution in [3.8, 4) is 0 Å². The van der Waals surface area contributed by atoms with Crippen molar-refractivity contribution in [2.24, 2.45) is 5.92 Å². The quantitative estimate of drug-likeness (QED) is 0.884. The van der Waals surface area contributed by atoms with Gasteiger partial charge in [-0.2, -0.15) is 0 Å². The van der Waals surface area contributed by atoms with E-state index in [0.717, 1.165) is 6.42 Å². The summed E-state index contributed by atoms with van der Waals surface area (Å²) in [6.45, 7) is 2.23. The van der Waals surface area contributed by atoms with Gasteiger partial charge in [0.2, 0.25) is 5.91 Å². The fraction of sp³-hybridized carbons (Fsp3) is 0.421. The molecule has 1 atom stereocenters. The van der Waals surface area contributed by atoms with E-state index in [1.807, 2.05) is 0 Å². The first-order valence-corrected chi connectivity index (χ1v) is 7.98. The molecule has 0 bridgehead atoms. The lowest BCUT2D eigenvalue weighted by Gasteiger charge is -2.16. The lowest BCUT2D eigenvalue weighted by Crippen LogP contribution is -2.22. The molecule has 2 aromatic rings. The second-order valence-electron chi connectivity index (χ2n) is 6.12. The molecule has 1 aliphatic rings. The fourth-order valence-electron chi connectivity index (χ4n) is 3.12. The first-order chi connectivity index (χ1) is 10.7. The summed E-state index contributed by atoms with van der Waals surface area (Å²) in [5.74, 6) is 0.697. The maximum absolute atomic E-state index is 11.0. The van der Waals surface area contributed by atoms with Crippen molar-refractivity contribution in [2.75, 3.05) is 13.7 Å². The Balaban J connectivity index is 1.89. The first-order valence-electron chi connectivity index (χ1n) is 7.98. The summed E-state index contributed by atoms with van der Waals surface area (Å²) >= 11 is 0. The number of methoxy groups -OCH3 is 1. The van der Waals surface area contributed by atoms with Gasteiger partial charge in [0.25, 0.3) is 0 Å². The smallest absolute Gasteiger partial charge is 0.216 e. The molecule has 0 heterocycles. The van der Waals surface area contributed by atoms with Gasteiger partial charge in [-0.3, -0.25) is 4.79 Å². The van der Waals surface area contributed by atoms with Gasteiger partial charge in [0.1, 0.15) is 0 Å². The molecule has 1 saturated carbocycles. The lowest BCUT2D eigenvalue weighted by atomic mass is 9.96. The zero-order valence-corrected chi connectivity index (χ0v) is 13.3. The Kier molecular flexibility index (Phi) is 4.44. The highest BCUT2D eigenvalue weighted by atomic mass is 16.5. The maximum Gasteiger partial charge on any atom is 0.216 e. The van der Waals surface area contributed by atoms with Crippen LogP contribution in [0.1, 0.15) is 37.0 Å². The van der Waals surface area contributed by atoms with E-state index in [-0.39, 0.29) is 12.0 Å². The third-order valence-electron chi connectivity index (χ3n) is 4.40. The second-order valence-corrected chi connectivity index (χ2v) is 6.12. The van der Waals surface area contributed by atoms with Gasteiger partial charge >= 0.3 is 0 Å². The summed E-state index contributed by atoms with van der Waals surface area (Å²) in [7, 11) is 1.80. The Morgan fingerprint density at radius 2 is 2.14 bits per heavy atom. The van der Waals surface area contributed by atoms with E-state index in [1.165, 1.54) is 34.7 Å². The van der Waals surface area contributed by atoms with E-state index in [2.05, 4.69) is 41.7 Å². The largest absolute Gasteiger partial charge is 0.376 e. The first kappa shape index (κ1) is 15.0. The molecule has 1 N–H and O–H groups in total. The van der Waals surface area contributed by atoms with Gasteiger partial charge in [-0.15, -0.1) is 0 Å². The molecular weight excluding hydrogens is 274 g/mol. The topological polar surface area (TPSA) is 38.3 Å². The van der Waals surface area contributed by atoms with Gasteiger partial charge < -0.3 is 10.1 Å². The summed E-state index contributed by atoms with van der Waals surface area (Å²) in [6, 6.07) is 13.0. The number of amides is 1. The third kappa shape index (κ3) is 3.30. The molecule has 0 radical (unpaired) electrons. The number of fused-ring (bicyclic) bond motifs is 1. The number of benzene rings is 2. The number of hydrogen-bond acceptors (Lipinski definition) is 2. The van der Waals surface area contributed by atoms with Gasteiger partial charge in [0, 0.05) is 20.6 Å². The number of carbonyl (C=O) groups is 1. The Hall–Kier alpha value is -1.87. The standard InChI is InChI=1S/C19H23NO2/c1-13(21)20-11-10-15-5-3-4-14-6-9-17(12-18(14)15)19(22-2)16-7-8-16/h3-6,9,12,16,19H,7-8,10-11H2,1-2H3,(H,20,21). The Morgan fingerprint density at radius 3 is 2.82 bits per heavy atom. The van der Waals surface area contributed by atoms with Crippen LogP contribution in [0.2, 0.25) is 0 Å². The number of nitrogens with one attached hydrogen (secondary N) is 1. The summed E-state index contributed by atoms with van der Waals surface area (Å²) in [5.41, 5.74) is 2.54. The van der Waals surface area contributed by atoms with Crippen LogP contribution in [0.15, 0.2) is 36.4 Å². The predicted molar refractivity (Wildman–Crippen MR) is 88.8 cm³/mol. The lowest BCUT2D eigenvalue weighted by molar-refractivity contribution is -0.118. The predicted octanol–water partition coefficient (Wildman–Crippen LogP) is 3.62. The zero-order valence-electron chi connectivity index (χ0n) is 13.3. The monoisotopic (exact) mass is 297 g/mol. The number of rotatable bonds is 6. The SMILES string of the molecule is COC(c1ccc2cccc(CCNC(C)=O)c2c1)C1CC1. The van der Waals surface area contributed by atoms with E-state index in [9.17, 15) is 4.79 Å². The average Bonchev–Trinajstić information content (AvgIpc) is 3.33. The van der Waals surface area contributed by atoms with Crippen molar-refractivity contribution < 1.29 is 9.53 Å². The van der Waals surface area contributed by atoms with Crippen LogP contribution >= 0.6 is 0 Å². The van der Waals surface area contributed by atoms with E-state index in [1.54, 1.807) is 14.0 Å². The van der Waals surface area contributed by atoms with E-state index < -0.39 is 0 Å². The fourth-order valence-corrected chi connectivity index (χ4v) is 3.12. The Bertz CT molecular complexity index is 676. The number of hydrogen-bond donors (Lipinski definition) is 1. The minimum absolute atomic E-state index is 0.0223. The molecule has 1 unspecified atom stereocenters. The molecule has 3 heteroatoms. The molecule has 116 valence electrons. The van der Waals surface area contributed by atoms with Gasteiger partial charge in [0.05, 0.1) is 6.10 Å². The van der Waals surface area contributed by atoms with E-state index >= 15 is 0 Å². The number of carbonyl (C=O) groups excluding carboxylic acids is 1. The van der Waals surface area contributed by atoms with Crippen molar-refractivity contribution in [3.63, 3.8) is 0 Å². The van der Waals surface area contributed by atoms with Crippen molar-refractivity contribution >= 4 is 16.7 Å². The Labute approximate surface area is 131 Å². The van der Waals surface area contributed by atoms with Crippen LogP contribution in [0.3, 0.4) is 0 Å². The minimum Gasteiger partial charge on any atom is -0.376 e. The van der Waals surface area contributed by atoms with Crippen LogP contribution in [-0.4, -0.2) is 19.6 Å². The molecule has 0 spiro atoms. The minimum atomic E-state index is 0.0223. The van der Waals surface area contributed by atoms with Gasteiger partial charge in [-0.05, 0) is 53.1 Å². The second kappa shape index (κ2) is 6.49. The molecular formula is C19H23NO2. The van der Waals surface area contributed by atoms with Crippen molar-refractivity contribution in [3.05, 3.63) is 47.5 Å². The normalized spacial score (nSPS) is 15.7. The highest BCUT2D eigenvalue weighted by Crippen LogP contribution is 2.43. The van der Waals surface area contributed by atoms with Crippen LogP contribution in [0.4, 0.5) is 0 Å². The zero-order chi connectivity index (χ0) is 15.5. The number of ether oxygens (including phenoxy) is 1. The van der Waals surface area contributed by atoms with Crippen LogP contribution in [0.5, 0.6) is 0 Å². The highest BCUT2D eigenvalue weighted by molar-refractivity contribution is 5.86. The molecule has 2 aromatic carbocycles. The van der Waals surface area contributed by atoms with E-state index in [4.69, 9.17) is 4.74 Å². The molecule has 1 amide bonds. The summed E-state index contributed by atoms with van der Waals surface area (Å²) in [4.78, 5) is 11.0. The van der Waals surface area contributed by atoms with Crippen LogP contribution in [0, 0.1) is 5.92 Å². The molecule has 1 fully saturated rings. The molecule has 0 aromatic heterocycles. The van der Waals surface area contributed by atoms with Crippen molar-refractivity contribution in [2.45, 2.75) is 32.3 Å². The summed E-state index contributed by atoms with van der Waals surface area (Å²) in [5, 5.41) is 5.39. The molecule has 0 saturated heterocycles. The maximum atomic E-state index is 11.0. The summed E-state index contributed by atoms with van der Waals surface area (Å²) < 4.78 is 5.70. The molecule has 1 aliphatic carbocycles.